The van der Waals surface area contributed by atoms with Crippen LogP contribution in [0.25, 0.3) is 6.08 Å². The zero-order valence-electron chi connectivity index (χ0n) is 14.4. The van der Waals surface area contributed by atoms with E-state index < -0.39 is 5.97 Å². The molecule has 1 N–H and O–H groups in total. The van der Waals surface area contributed by atoms with Crippen molar-refractivity contribution < 1.29 is 19.0 Å². The van der Waals surface area contributed by atoms with E-state index in [0.29, 0.717) is 17.8 Å². The Hall–Kier alpha value is -2.59. The van der Waals surface area contributed by atoms with Crippen molar-refractivity contribution in [3.05, 3.63) is 81.3 Å². The summed E-state index contributed by atoms with van der Waals surface area (Å²) < 4.78 is 18.6. The van der Waals surface area contributed by atoms with Crippen LogP contribution >= 0.6 is 11.6 Å². The van der Waals surface area contributed by atoms with Crippen molar-refractivity contribution in [2.45, 2.75) is 20.3 Å². The standard InChI is InChI=1S/C21H18ClFO3/c1-12(2)20-16(9-13-3-6-15(23)7-4-13)21(25)26-19(20)11-14-5-8-18(24)17(22)10-14/h3-8,10-12,24H,9H2,1-2H3/b19-11-. The van der Waals surface area contributed by atoms with Crippen molar-refractivity contribution in [2.24, 2.45) is 5.92 Å². The third kappa shape index (κ3) is 3.81. The smallest absolute Gasteiger partial charge is 0.340 e. The Bertz CT molecular complexity index is 911. The van der Waals surface area contributed by atoms with Gasteiger partial charge in [0.05, 0.1) is 5.02 Å². The van der Waals surface area contributed by atoms with Gasteiger partial charge in [-0.25, -0.2) is 9.18 Å². The number of halogens is 2. The summed E-state index contributed by atoms with van der Waals surface area (Å²) in [6.45, 7) is 3.97. The van der Waals surface area contributed by atoms with E-state index in [1.165, 1.54) is 18.2 Å². The third-order valence-electron chi connectivity index (χ3n) is 4.18. The molecule has 2 aromatic carbocycles. The van der Waals surface area contributed by atoms with Crippen LogP contribution in [0.5, 0.6) is 5.75 Å². The van der Waals surface area contributed by atoms with Crippen molar-refractivity contribution in [1.29, 1.82) is 0 Å². The summed E-state index contributed by atoms with van der Waals surface area (Å²) >= 11 is 5.95. The first-order valence-corrected chi connectivity index (χ1v) is 8.63. The number of esters is 1. The van der Waals surface area contributed by atoms with Gasteiger partial charge in [0.2, 0.25) is 0 Å². The Balaban J connectivity index is 1.99. The molecule has 0 unspecified atom stereocenters. The van der Waals surface area contributed by atoms with E-state index in [0.717, 1.165) is 16.7 Å². The van der Waals surface area contributed by atoms with Crippen LogP contribution in [0.15, 0.2) is 59.4 Å². The maximum absolute atomic E-state index is 13.1. The molecule has 0 bridgehead atoms. The highest BCUT2D eigenvalue weighted by molar-refractivity contribution is 6.32. The zero-order valence-corrected chi connectivity index (χ0v) is 15.2. The van der Waals surface area contributed by atoms with Crippen molar-refractivity contribution in [3.63, 3.8) is 0 Å². The third-order valence-corrected chi connectivity index (χ3v) is 4.48. The molecule has 134 valence electrons. The first-order valence-electron chi connectivity index (χ1n) is 8.25. The molecule has 5 heteroatoms. The SMILES string of the molecule is CC(C)C1=C(Cc2ccc(F)cc2)C(=O)O/C1=C\c1ccc(O)c(Cl)c1. The van der Waals surface area contributed by atoms with Crippen LogP contribution in [0.4, 0.5) is 4.39 Å². The van der Waals surface area contributed by atoms with Crippen molar-refractivity contribution in [2.75, 3.05) is 0 Å². The van der Waals surface area contributed by atoms with Crippen LogP contribution in [0.2, 0.25) is 5.02 Å². The minimum atomic E-state index is -0.394. The number of hydrogen-bond acceptors (Lipinski definition) is 3. The molecule has 2 aromatic rings. The summed E-state index contributed by atoms with van der Waals surface area (Å²) in [6.07, 6.45) is 2.11. The molecule has 0 amide bonds. The molecule has 3 nitrogen and oxygen atoms in total. The lowest BCUT2D eigenvalue weighted by molar-refractivity contribution is -0.133. The first kappa shape index (κ1) is 18.2. The van der Waals surface area contributed by atoms with Gasteiger partial charge in [-0.2, -0.15) is 0 Å². The van der Waals surface area contributed by atoms with Crippen molar-refractivity contribution in [1.82, 2.24) is 0 Å². The number of phenols is 1. The summed E-state index contributed by atoms with van der Waals surface area (Å²) in [4.78, 5) is 12.4. The molecule has 0 aliphatic carbocycles. The van der Waals surface area contributed by atoms with E-state index in [1.807, 2.05) is 13.8 Å². The lowest BCUT2D eigenvalue weighted by Gasteiger charge is -2.10. The summed E-state index contributed by atoms with van der Waals surface area (Å²) in [5.74, 6) is -0.173. The molecule has 26 heavy (non-hydrogen) atoms. The predicted octanol–water partition coefficient (Wildman–Crippen LogP) is 5.28. The predicted molar refractivity (Wildman–Crippen MR) is 99.2 cm³/mol. The van der Waals surface area contributed by atoms with Crippen LogP contribution in [0.3, 0.4) is 0 Å². The molecular formula is C21H18ClFO3. The number of hydrogen-bond donors (Lipinski definition) is 1. The Kier molecular flexibility index (Phi) is 5.14. The Labute approximate surface area is 156 Å². The van der Waals surface area contributed by atoms with E-state index >= 15 is 0 Å². The van der Waals surface area contributed by atoms with Crippen LogP contribution in [0.1, 0.15) is 25.0 Å². The van der Waals surface area contributed by atoms with Gasteiger partial charge in [-0.15, -0.1) is 0 Å². The number of rotatable bonds is 4. The van der Waals surface area contributed by atoms with E-state index in [2.05, 4.69) is 0 Å². The number of phenolic OH excluding ortho intramolecular Hbond substituents is 1. The highest BCUT2D eigenvalue weighted by Crippen LogP contribution is 2.35. The molecule has 1 aliphatic heterocycles. The fourth-order valence-electron chi connectivity index (χ4n) is 2.95. The largest absolute Gasteiger partial charge is 0.506 e. The van der Waals surface area contributed by atoms with E-state index in [4.69, 9.17) is 16.3 Å². The number of carbonyl (C=O) groups is 1. The Morgan fingerprint density at radius 3 is 2.50 bits per heavy atom. The number of carbonyl (C=O) groups excluding carboxylic acids is 1. The van der Waals surface area contributed by atoms with E-state index in [1.54, 1.807) is 30.3 Å². The van der Waals surface area contributed by atoms with Gasteiger partial charge in [-0.05, 0) is 47.4 Å². The highest BCUT2D eigenvalue weighted by atomic mass is 35.5. The van der Waals surface area contributed by atoms with Gasteiger partial charge in [0, 0.05) is 17.6 Å². The quantitative estimate of drug-likeness (QED) is 0.743. The molecule has 0 saturated heterocycles. The molecular weight excluding hydrogens is 355 g/mol. The Morgan fingerprint density at radius 1 is 1.19 bits per heavy atom. The number of benzene rings is 2. The maximum Gasteiger partial charge on any atom is 0.340 e. The Morgan fingerprint density at radius 2 is 1.88 bits per heavy atom. The number of ether oxygens (including phenoxy) is 1. The maximum atomic E-state index is 13.1. The van der Waals surface area contributed by atoms with Gasteiger partial charge >= 0.3 is 5.97 Å². The molecule has 0 atom stereocenters. The lowest BCUT2D eigenvalue weighted by atomic mass is 9.92. The molecule has 1 aliphatic rings. The molecule has 3 rings (SSSR count). The summed E-state index contributed by atoms with van der Waals surface area (Å²) in [5, 5.41) is 9.77. The molecule has 1 heterocycles. The second kappa shape index (κ2) is 7.34. The summed E-state index contributed by atoms with van der Waals surface area (Å²) in [7, 11) is 0. The fourth-order valence-corrected chi connectivity index (χ4v) is 3.14. The van der Waals surface area contributed by atoms with Crippen LogP contribution in [-0.4, -0.2) is 11.1 Å². The average Bonchev–Trinajstić information content (AvgIpc) is 2.88. The van der Waals surface area contributed by atoms with Crippen LogP contribution in [-0.2, 0) is 16.0 Å². The minimum absolute atomic E-state index is 0.00569. The molecule has 0 spiro atoms. The van der Waals surface area contributed by atoms with E-state index in [-0.39, 0.29) is 22.5 Å². The molecule has 0 saturated carbocycles. The second-order valence-corrected chi connectivity index (χ2v) is 6.87. The number of allylic oxidation sites excluding steroid dienone is 1. The number of aromatic hydroxyl groups is 1. The first-order chi connectivity index (χ1) is 12.3. The molecule has 0 fully saturated rings. The minimum Gasteiger partial charge on any atom is -0.506 e. The molecule has 0 radical (unpaired) electrons. The van der Waals surface area contributed by atoms with Gasteiger partial charge in [0.1, 0.15) is 17.3 Å². The van der Waals surface area contributed by atoms with E-state index in [9.17, 15) is 14.3 Å². The van der Waals surface area contributed by atoms with Crippen LogP contribution < -0.4 is 0 Å². The summed E-state index contributed by atoms with van der Waals surface area (Å²) in [5.41, 5.74) is 2.95. The van der Waals surface area contributed by atoms with Gasteiger partial charge in [-0.3, -0.25) is 0 Å². The highest BCUT2D eigenvalue weighted by Gasteiger charge is 2.31. The van der Waals surface area contributed by atoms with Crippen LogP contribution in [0, 0.1) is 11.7 Å². The van der Waals surface area contributed by atoms with Gasteiger partial charge in [0.25, 0.3) is 0 Å². The molecule has 0 aromatic heterocycles. The van der Waals surface area contributed by atoms with Gasteiger partial charge in [0.15, 0.2) is 0 Å². The van der Waals surface area contributed by atoms with Crippen molar-refractivity contribution >= 4 is 23.6 Å². The normalized spacial score (nSPS) is 15.9. The lowest BCUT2D eigenvalue weighted by Crippen LogP contribution is -2.04. The zero-order chi connectivity index (χ0) is 18.8. The van der Waals surface area contributed by atoms with Crippen molar-refractivity contribution in [3.8, 4) is 5.75 Å². The van der Waals surface area contributed by atoms with Gasteiger partial charge < -0.3 is 9.84 Å². The second-order valence-electron chi connectivity index (χ2n) is 6.46. The average molecular weight is 373 g/mol. The monoisotopic (exact) mass is 372 g/mol. The van der Waals surface area contributed by atoms with Gasteiger partial charge in [-0.1, -0.05) is 43.6 Å². The summed E-state index contributed by atoms with van der Waals surface area (Å²) in [6, 6.07) is 10.9. The fraction of sp³-hybridized carbons (Fsp3) is 0.190. The number of cyclic esters (lactones) is 1. The topological polar surface area (TPSA) is 46.5 Å².